The van der Waals surface area contributed by atoms with Crippen molar-refractivity contribution in [3.05, 3.63) is 59.7 Å². The lowest BCUT2D eigenvalue weighted by Gasteiger charge is -2.30. The first-order valence-electron chi connectivity index (χ1n) is 11.7. The number of benzene rings is 2. The summed E-state index contributed by atoms with van der Waals surface area (Å²) in [5.41, 5.74) is 4.72. The molecule has 4 rings (SSSR count). The van der Waals surface area contributed by atoms with E-state index in [4.69, 9.17) is 0 Å². The quantitative estimate of drug-likeness (QED) is 0.653. The fraction of sp³-hybridized carbons (Fsp3) is 0.480. The second kappa shape index (κ2) is 10.0. The third-order valence-corrected chi connectivity index (χ3v) is 8.51. The summed E-state index contributed by atoms with van der Waals surface area (Å²) < 4.78 is 26.3. The SMILES string of the molecule is CCCCS(=O)(=O)N1CCC(C(=O)Nc2ccc(CN3CCc4ccccc43)cc2)CC1. The van der Waals surface area contributed by atoms with E-state index in [9.17, 15) is 13.2 Å². The summed E-state index contributed by atoms with van der Waals surface area (Å²) in [7, 11) is -3.19. The van der Waals surface area contributed by atoms with Crippen LogP contribution in [0.1, 0.15) is 43.7 Å². The average molecular weight is 456 g/mol. The van der Waals surface area contributed by atoms with Gasteiger partial charge in [-0.05, 0) is 55.0 Å². The number of piperidine rings is 1. The Morgan fingerprint density at radius 2 is 1.75 bits per heavy atom. The van der Waals surface area contributed by atoms with E-state index < -0.39 is 10.0 Å². The molecule has 7 heteroatoms. The van der Waals surface area contributed by atoms with Crippen molar-refractivity contribution in [1.82, 2.24) is 4.31 Å². The van der Waals surface area contributed by atoms with Gasteiger partial charge in [0.15, 0.2) is 0 Å². The molecule has 1 amide bonds. The van der Waals surface area contributed by atoms with E-state index in [1.165, 1.54) is 16.8 Å². The number of rotatable bonds is 8. The molecule has 0 bridgehead atoms. The molecule has 2 aromatic rings. The third kappa shape index (κ3) is 5.33. The minimum Gasteiger partial charge on any atom is -0.367 e. The molecule has 0 radical (unpaired) electrons. The minimum absolute atomic E-state index is 0.0168. The molecule has 0 aromatic heterocycles. The molecule has 0 saturated carbocycles. The van der Waals surface area contributed by atoms with Crippen LogP contribution in [-0.4, -0.2) is 44.0 Å². The maximum atomic E-state index is 12.7. The van der Waals surface area contributed by atoms with E-state index in [1.807, 2.05) is 19.1 Å². The average Bonchev–Trinajstić information content (AvgIpc) is 3.22. The highest BCUT2D eigenvalue weighted by molar-refractivity contribution is 7.89. The van der Waals surface area contributed by atoms with Crippen LogP contribution in [0.5, 0.6) is 0 Å². The highest BCUT2D eigenvalue weighted by atomic mass is 32.2. The van der Waals surface area contributed by atoms with Crippen LogP contribution in [-0.2, 0) is 27.8 Å². The van der Waals surface area contributed by atoms with Crippen molar-refractivity contribution in [2.24, 2.45) is 5.92 Å². The Morgan fingerprint density at radius 1 is 1.03 bits per heavy atom. The number of para-hydroxylation sites is 1. The summed E-state index contributed by atoms with van der Waals surface area (Å²) >= 11 is 0. The molecule has 1 saturated heterocycles. The van der Waals surface area contributed by atoms with Crippen LogP contribution >= 0.6 is 0 Å². The smallest absolute Gasteiger partial charge is 0.227 e. The van der Waals surface area contributed by atoms with Crippen LogP contribution in [0.3, 0.4) is 0 Å². The highest BCUT2D eigenvalue weighted by Crippen LogP contribution is 2.29. The standard InChI is InChI=1S/C25H33N3O3S/c1-2-3-18-32(30,31)28-16-13-22(14-17-28)25(29)26-23-10-8-20(9-11-23)19-27-15-12-21-6-4-5-7-24(21)27/h4-11,22H,2-3,12-19H2,1H3,(H,26,29). The number of hydrogen-bond donors (Lipinski definition) is 1. The fourth-order valence-electron chi connectivity index (χ4n) is 4.58. The van der Waals surface area contributed by atoms with Gasteiger partial charge in [-0.25, -0.2) is 12.7 Å². The highest BCUT2D eigenvalue weighted by Gasteiger charge is 2.30. The molecule has 0 spiro atoms. The number of nitrogens with one attached hydrogen (secondary N) is 1. The first-order valence-corrected chi connectivity index (χ1v) is 13.3. The maximum absolute atomic E-state index is 12.7. The van der Waals surface area contributed by atoms with Crippen molar-refractivity contribution in [1.29, 1.82) is 0 Å². The Kier molecular flexibility index (Phi) is 7.16. The molecular weight excluding hydrogens is 422 g/mol. The summed E-state index contributed by atoms with van der Waals surface area (Å²) in [4.78, 5) is 15.1. The van der Waals surface area contributed by atoms with Gasteiger partial charge in [0.25, 0.3) is 0 Å². The second-order valence-corrected chi connectivity index (χ2v) is 10.9. The lowest BCUT2D eigenvalue weighted by Crippen LogP contribution is -2.42. The van der Waals surface area contributed by atoms with E-state index >= 15 is 0 Å². The summed E-state index contributed by atoms with van der Waals surface area (Å²) in [6.45, 7) is 4.74. The number of carbonyl (C=O) groups is 1. The molecule has 0 unspecified atom stereocenters. The van der Waals surface area contributed by atoms with Gasteiger partial charge in [0.05, 0.1) is 5.75 Å². The van der Waals surface area contributed by atoms with Crippen LogP contribution in [0.4, 0.5) is 11.4 Å². The first-order chi connectivity index (χ1) is 15.5. The first kappa shape index (κ1) is 22.8. The maximum Gasteiger partial charge on any atom is 0.227 e. The van der Waals surface area contributed by atoms with Gasteiger partial charge in [-0.2, -0.15) is 0 Å². The number of anilines is 2. The number of fused-ring (bicyclic) bond motifs is 1. The van der Waals surface area contributed by atoms with E-state index in [2.05, 4.69) is 46.6 Å². The van der Waals surface area contributed by atoms with Gasteiger partial charge in [-0.3, -0.25) is 4.79 Å². The largest absolute Gasteiger partial charge is 0.367 e. The van der Waals surface area contributed by atoms with Crippen LogP contribution < -0.4 is 10.2 Å². The molecule has 2 heterocycles. The van der Waals surface area contributed by atoms with Crippen molar-refractivity contribution in [2.75, 3.05) is 35.6 Å². The Morgan fingerprint density at radius 3 is 2.47 bits per heavy atom. The predicted molar refractivity (Wildman–Crippen MR) is 129 cm³/mol. The Bertz CT molecular complexity index is 1030. The van der Waals surface area contributed by atoms with Gasteiger partial charge in [-0.15, -0.1) is 0 Å². The number of carbonyl (C=O) groups excluding carboxylic acids is 1. The Labute approximate surface area is 191 Å². The molecule has 1 N–H and O–H groups in total. The summed E-state index contributed by atoms with van der Waals surface area (Å²) in [6.07, 6.45) is 3.78. The number of sulfonamides is 1. The molecule has 1 fully saturated rings. The van der Waals surface area contributed by atoms with Crippen LogP contribution in [0.2, 0.25) is 0 Å². The van der Waals surface area contributed by atoms with Gasteiger partial charge in [0.2, 0.25) is 15.9 Å². The monoisotopic (exact) mass is 455 g/mol. The zero-order chi connectivity index (χ0) is 22.6. The normalized spacial score (nSPS) is 17.3. The van der Waals surface area contributed by atoms with Crippen LogP contribution in [0.25, 0.3) is 0 Å². The Balaban J connectivity index is 1.27. The van der Waals surface area contributed by atoms with Crippen molar-refractivity contribution in [3.8, 4) is 0 Å². The topological polar surface area (TPSA) is 69.7 Å². The van der Waals surface area contributed by atoms with Crippen molar-refractivity contribution in [3.63, 3.8) is 0 Å². The molecule has 6 nitrogen and oxygen atoms in total. The molecule has 32 heavy (non-hydrogen) atoms. The van der Waals surface area contributed by atoms with Crippen molar-refractivity contribution < 1.29 is 13.2 Å². The number of unbranched alkanes of at least 4 members (excludes halogenated alkanes) is 1. The third-order valence-electron chi connectivity index (χ3n) is 6.55. The van der Waals surface area contributed by atoms with Crippen LogP contribution in [0.15, 0.2) is 48.5 Å². The number of nitrogens with zero attached hydrogens (tertiary/aromatic N) is 2. The number of amides is 1. The molecule has 0 aliphatic carbocycles. The van der Waals surface area contributed by atoms with Gasteiger partial charge < -0.3 is 10.2 Å². The molecular formula is C25H33N3O3S. The van der Waals surface area contributed by atoms with E-state index in [0.29, 0.717) is 32.4 Å². The molecule has 2 aromatic carbocycles. The van der Waals surface area contributed by atoms with Crippen LogP contribution in [0, 0.1) is 5.92 Å². The summed E-state index contributed by atoms with van der Waals surface area (Å²) in [5.74, 6) is 0.0423. The van der Waals surface area contributed by atoms with E-state index in [0.717, 1.165) is 31.6 Å². The Hall–Kier alpha value is -2.38. The van der Waals surface area contributed by atoms with Gasteiger partial charge >= 0.3 is 0 Å². The van der Waals surface area contributed by atoms with Gasteiger partial charge in [0, 0.05) is 43.5 Å². The zero-order valence-electron chi connectivity index (χ0n) is 18.8. The molecule has 0 atom stereocenters. The molecule has 172 valence electrons. The number of hydrogen-bond acceptors (Lipinski definition) is 4. The predicted octanol–water partition coefficient (Wildman–Crippen LogP) is 4.03. The van der Waals surface area contributed by atoms with E-state index in [-0.39, 0.29) is 17.6 Å². The lowest BCUT2D eigenvalue weighted by molar-refractivity contribution is -0.120. The minimum atomic E-state index is -3.19. The van der Waals surface area contributed by atoms with Gasteiger partial charge in [0.1, 0.15) is 0 Å². The molecule has 2 aliphatic heterocycles. The van der Waals surface area contributed by atoms with Gasteiger partial charge in [-0.1, -0.05) is 43.7 Å². The summed E-state index contributed by atoms with van der Waals surface area (Å²) in [5, 5.41) is 3.02. The lowest BCUT2D eigenvalue weighted by atomic mass is 9.97. The molecule has 2 aliphatic rings. The summed E-state index contributed by atoms with van der Waals surface area (Å²) in [6, 6.07) is 16.6. The van der Waals surface area contributed by atoms with E-state index in [1.54, 1.807) is 4.31 Å². The second-order valence-electron chi connectivity index (χ2n) is 8.83. The zero-order valence-corrected chi connectivity index (χ0v) is 19.6. The van der Waals surface area contributed by atoms with Crippen molar-refractivity contribution in [2.45, 2.75) is 45.6 Å². The van der Waals surface area contributed by atoms with Crippen molar-refractivity contribution >= 4 is 27.3 Å². The fourth-order valence-corrected chi connectivity index (χ4v) is 6.26.